The standard InChI is InChI=1S/C9H7F6NS.C7H15N/c1-16-17-7-3-5(8(10,11)12)2-6(4-7)9(13,14)15;8-6-7-4-2-1-3-5-7/h2-4,16H,1H3;7H,1-6,8H2. The molecule has 0 saturated heterocycles. The lowest BCUT2D eigenvalue weighted by Crippen LogP contribution is -2.16. The third-order valence-electron chi connectivity index (χ3n) is 3.84. The maximum Gasteiger partial charge on any atom is 0.416 e. The normalized spacial score (nSPS) is 16.3. The zero-order valence-electron chi connectivity index (χ0n) is 13.8. The summed E-state index contributed by atoms with van der Waals surface area (Å²) in [5.41, 5.74) is 2.87. The highest BCUT2D eigenvalue weighted by Gasteiger charge is 2.36. The molecule has 3 N–H and O–H groups in total. The van der Waals surface area contributed by atoms with Crippen molar-refractivity contribution >= 4 is 11.9 Å². The molecule has 0 aromatic heterocycles. The Balaban J connectivity index is 0.000000324. The lowest BCUT2D eigenvalue weighted by atomic mass is 9.90. The van der Waals surface area contributed by atoms with E-state index >= 15 is 0 Å². The number of nitrogens with one attached hydrogen (secondary N) is 1. The zero-order chi connectivity index (χ0) is 19.1. The molecule has 1 aromatic rings. The Kier molecular flexibility index (Phi) is 8.56. The molecular formula is C16H22F6N2S. The molecule has 0 aliphatic heterocycles. The van der Waals surface area contributed by atoms with Crippen LogP contribution in [0.1, 0.15) is 43.2 Å². The van der Waals surface area contributed by atoms with E-state index in [-0.39, 0.29) is 11.0 Å². The predicted molar refractivity (Wildman–Crippen MR) is 87.0 cm³/mol. The second-order valence-corrected chi connectivity index (χ2v) is 6.87. The van der Waals surface area contributed by atoms with Gasteiger partial charge in [0.1, 0.15) is 0 Å². The topological polar surface area (TPSA) is 38.0 Å². The van der Waals surface area contributed by atoms with Crippen LogP contribution in [0.3, 0.4) is 0 Å². The molecule has 0 bridgehead atoms. The van der Waals surface area contributed by atoms with Crippen molar-refractivity contribution in [3.05, 3.63) is 29.3 Å². The summed E-state index contributed by atoms with van der Waals surface area (Å²) < 4.78 is 76.7. The first-order valence-electron chi connectivity index (χ1n) is 7.91. The van der Waals surface area contributed by atoms with Crippen molar-refractivity contribution in [2.75, 3.05) is 13.6 Å². The lowest BCUT2D eigenvalue weighted by molar-refractivity contribution is -0.143. The molecule has 1 aliphatic rings. The van der Waals surface area contributed by atoms with E-state index in [1.165, 1.54) is 39.2 Å². The van der Waals surface area contributed by atoms with Crippen LogP contribution in [-0.4, -0.2) is 13.6 Å². The van der Waals surface area contributed by atoms with Crippen molar-refractivity contribution < 1.29 is 26.3 Å². The van der Waals surface area contributed by atoms with Crippen LogP contribution in [0.15, 0.2) is 23.1 Å². The van der Waals surface area contributed by atoms with E-state index in [4.69, 9.17) is 5.73 Å². The van der Waals surface area contributed by atoms with Crippen LogP contribution in [-0.2, 0) is 12.4 Å². The van der Waals surface area contributed by atoms with Gasteiger partial charge >= 0.3 is 12.4 Å². The van der Waals surface area contributed by atoms with Gasteiger partial charge < -0.3 is 5.73 Å². The highest BCUT2D eigenvalue weighted by molar-refractivity contribution is 7.97. The van der Waals surface area contributed by atoms with Crippen LogP contribution >= 0.6 is 11.9 Å². The predicted octanol–water partition coefficient (Wildman–Crippen LogP) is 5.48. The molecule has 2 rings (SSSR count). The number of alkyl halides is 6. The van der Waals surface area contributed by atoms with Gasteiger partial charge in [-0.25, -0.2) is 0 Å². The average molecular weight is 388 g/mol. The van der Waals surface area contributed by atoms with Gasteiger partial charge in [0.15, 0.2) is 0 Å². The summed E-state index contributed by atoms with van der Waals surface area (Å²) in [7, 11) is 1.40. The summed E-state index contributed by atoms with van der Waals surface area (Å²) in [4.78, 5) is -0.144. The van der Waals surface area contributed by atoms with Crippen molar-refractivity contribution in [1.29, 1.82) is 0 Å². The third-order valence-corrected chi connectivity index (χ3v) is 4.51. The molecule has 25 heavy (non-hydrogen) atoms. The summed E-state index contributed by atoms with van der Waals surface area (Å²) in [6.07, 6.45) is -2.55. The van der Waals surface area contributed by atoms with Crippen LogP contribution in [0.4, 0.5) is 26.3 Å². The molecule has 0 heterocycles. The van der Waals surface area contributed by atoms with Gasteiger partial charge in [-0.15, -0.1) is 0 Å². The quantitative estimate of drug-likeness (QED) is 0.532. The molecular weight excluding hydrogens is 366 g/mol. The first-order valence-corrected chi connectivity index (χ1v) is 8.72. The van der Waals surface area contributed by atoms with Crippen LogP contribution in [0.25, 0.3) is 0 Å². The van der Waals surface area contributed by atoms with Crippen LogP contribution in [0.2, 0.25) is 0 Å². The molecule has 0 spiro atoms. The van der Waals surface area contributed by atoms with Crippen molar-refractivity contribution in [3.63, 3.8) is 0 Å². The average Bonchev–Trinajstić information content (AvgIpc) is 2.54. The van der Waals surface area contributed by atoms with Gasteiger partial charge in [0, 0.05) is 4.90 Å². The molecule has 0 amide bonds. The molecule has 1 aliphatic carbocycles. The second kappa shape index (κ2) is 9.68. The molecule has 2 nitrogen and oxygen atoms in total. The van der Waals surface area contributed by atoms with Crippen molar-refractivity contribution in [2.45, 2.75) is 49.4 Å². The van der Waals surface area contributed by atoms with Gasteiger partial charge in [-0.2, -0.15) is 26.3 Å². The molecule has 1 aromatic carbocycles. The van der Waals surface area contributed by atoms with E-state index in [1.54, 1.807) is 0 Å². The highest BCUT2D eigenvalue weighted by atomic mass is 32.2. The van der Waals surface area contributed by atoms with E-state index in [0.29, 0.717) is 24.1 Å². The van der Waals surface area contributed by atoms with Gasteiger partial charge in [-0.05, 0) is 62.5 Å². The van der Waals surface area contributed by atoms with E-state index < -0.39 is 23.5 Å². The zero-order valence-corrected chi connectivity index (χ0v) is 14.6. The van der Waals surface area contributed by atoms with Crippen molar-refractivity contribution in [3.8, 4) is 0 Å². The fourth-order valence-electron chi connectivity index (χ4n) is 2.53. The van der Waals surface area contributed by atoms with Gasteiger partial charge in [0.2, 0.25) is 0 Å². The van der Waals surface area contributed by atoms with Gasteiger partial charge in [0.05, 0.1) is 11.1 Å². The number of hydrogen-bond acceptors (Lipinski definition) is 3. The maximum absolute atomic E-state index is 12.4. The van der Waals surface area contributed by atoms with Crippen LogP contribution in [0, 0.1) is 5.92 Å². The molecule has 1 fully saturated rings. The van der Waals surface area contributed by atoms with Crippen LogP contribution in [0.5, 0.6) is 0 Å². The van der Waals surface area contributed by atoms with Crippen molar-refractivity contribution in [2.24, 2.45) is 11.7 Å². The smallest absolute Gasteiger partial charge is 0.330 e. The largest absolute Gasteiger partial charge is 0.416 e. The number of hydrogen-bond donors (Lipinski definition) is 2. The molecule has 0 unspecified atom stereocenters. The monoisotopic (exact) mass is 388 g/mol. The van der Waals surface area contributed by atoms with Gasteiger partial charge in [0.25, 0.3) is 0 Å². The number of nitrogens with two attached hydrogens (primary N) is 1. The third kappa shape index (κ3) is 7.87. The maximum atomic E-state index is 12.4. The molecule has 144 valence electrons. The Bertz CT molecular complexity index is 492. The molecule has 9 heteroatoms. The minimum atomic E-state index is -4.80. The van der Waals surface area contributed by atoms with E-state index in [0.717, 1.165) is 12.5 Å². The second-order valence-electron chi connectivity index (χ2n) is 5.79. The number of benzene rings is 1. The lowest BCUT2D eigenvalue weighted by Gasteiger charge is -2.18. The fraction of sp³-hybridized carbons (Fsp3) is 0.625. The Labute approximate surface area is 147 Å². The summed E-state index contributed by atoms with van der Waals surface area (Å²) in [5.74, 6) is 0.865. The van der Waals surface area contributed by atoms with Gasteiger partial charge in [-0.1, -0.05) is 19.3 Å². The Morgan fingerprint density at radius 2 is 1.44 bits per heavy atom. The van der Waals surface area contributed by atoms with Crippen LogP contribution < -0.4 is 10.5 Å². The Morgan fingerprint density at radius 3 is 1.76 bits per heavy atom. The first-order chi connectivity index (χ1) is 11.6. The van der Waals surface area contributed by atoms with Gasteiger partial charge in [-0.3, -0.25) is 4.72 Å². The first kappa shape index (κ1) is 22.1. The number of halogens is 6. The fourth-order valence-corrected chi connectivity index (χ4v) is 3.13. The van der Waals surface area contributed by atoms with E-state index in [2.05, 4.69) is 4.72 Å². The van der Waals surface area contributed by atoms with E-state index in [9.17, 15) is 26.3 Å². The van der Waals surface area contributed by atoms with Crippen molar-refractivity contribution in [1.82, 2.24) is 4.72 Å². The summed E-state index contributed by atoms with van der Waals surface area (Å²) in [6, 6.07) is 1.42. The molecule has 1 saturated carbocycles. The minimum absolute atomic E-state index is 0.0969. The highest BCUT2D eigenvalue weighted by Crippen LogP contribution is 2.37. The minimum Gasteiger partial charge on any atom is -0.330 e. The SMILES string of the molecule is CNSc1cc(C(F)(F)F)cc(C(F)(F)F)c1.NCC1CCCCC1. The number of rotatable bonds is 3. The summed E-state index contributed by atoms with van der Waals surface area (Å²) in [6.45, 7) is 0.917. The summed E-state index contributed by atoms with van der Waals surface area (Å²) in [5, 5.41) is 0. The molecule has 0 radical (unpaired) electrons. The Hall–Kier alpha value is -0.930. The molecule has 0 atom stereocenters. The summed E-state index contributed by atoms with van der Waals surface area (Å²) >= 11 is 0.686. The van der Waals surface area contributed by atoms with E-state index in [1.807, 2.05) is 0 Å². The Morgan fingerprint density at radius 1 is 0.960 bits per heavy atom.